The van der Waals surface area contributed by atoms with Gasteiger partial charge in [0.2, 0.25) is 0 Å². The first kappa shape index (κ1) is 20.1. The minimum absolute atomic E-state index is 0.150. The first-order chi connectivity index (χ1) is 12.1. The van der Waals surface area contributed by atoms with Gasteiger partial charge in [0.1, 0.15) is 11.5 Å². The van der Waals surface area contributed by atoms with Crippen molar-refractivity contribution in [3.8, 4) is 5.75 Å². The zero-order valence-electron chi connectivity index (χ0n) is 15.8. The maximum absolute atomic E-state index is 13.0. The Labute approximate surface area is 154 Å². The minimum Gasteiger partial charge on any atom is -0.433 e. The van der Waals surface area contributed by atoms with E-state index in [-0.39, 0.29) is 11.5 Å². The van der Waals surface area contributed by atoms with Gasteiger partial charge in [-0.05, 0) is 60.1 Å². The van der Waals surface area contributed by atoms with Crippen molar-refractivity contribution in [1.82, 2.24) is 0 Å². The van der Waals surface area contributed by atoms with Gasteiger partial charge in [-0.25, -0.2) is 0 Å². The van der Waals surface area contributed by atoms with E-state index in [2.05, 4.69) is 30.7 Å². The lowest BCUT2D eigenvalue weighted by Gasteiger charge is -2.16. The number of ketones is 1. The lowest BCUT2D eigenvalue weighted by atomic mass is 9.90. The molecule has 0 aliphatic rings. The highest BCUT2D eigenvalue weighted by Gasteiger charge is 2.23. The predicted octanol–water partition coefficient (Wildman–Crippen LogP) is 5.72. The molecule has 0 spiro atoms. The first-order valence-electron chi connectivity index (χ1n) is 8.91. The highest BCUT2D eigenvalue weighted by molar-refractivity contribution is 5.78. The van der Waals surface area contributed by atoms with Crippen LogP contribution in [0.25, 0.3) is 0 Å². The van der Waals surface area contributed by atoms with Gasteiger partial charge in [0.15, 0.2) is 0 Å². The lowest BCUT2D eigenvalue weighted by molar-refractivity contribution is -0.159. The van der Waals surface area contributed by atoms with E-state index in [1.807, 2.05) is 12.1 Å². The first-order valence-corrected chi connectivity index (χ1v) is 8.91. The molecule has 2 aromatic carbocycles. The summed E-state index contributed by atoms with van der Waals surface area (Å²) in [5, 5.41) is 0. The Morgan fingerprint density at radius 3 is 2.42 bits per heavy atom. The van der Waals surface area contributed by atoms with Crippen LogP contribution in [0.15, 0.2) is 42.5 Å². The number of carbonyl (C=O) groups excluding carboxylic acids is 1. The zero-order chi connectivity index (χ0) is 19.3. The molecule has 2 rings (SSSR count). The summed E-state index contributed by atoms with van der Waals surface area (Å²) in [6, 6.07) is 13.0. The van der Waals surface area contributed by atoms with Crippen LogP contribution in [-0.2, 0) is 24.1 Å². The second kappa shape index (κ2) is 8.43. The molecule has 26 heavy (non-hydrogen) atoms. The van der Waals surface area contributed by atoms with Crippen LogP contribution in [0.5, 0.6) is 5.75 Å². The van der Waals surface area contributed by atoms with Crippen LogP contribution in [0.1, 0.15) is 55.9 Å². The Morgan fingerprint density at radius 1 is 1.08 bits per heavy atom. The Balaban J connectivity index is 2.14. The molecule has 0 aliphatic carbocycles. The van der Waals surface area contributed by atoms with Gasteiger partial charge in [0.05, 0.1) is 0 Å². The van der Waals surface area contributed by atoms with Crippen LogP contribution < -0.4 is 4.74 Å². The number of ether oxygens (including phenoxy) is 1. The highest BCUT2D eigenvalue weighted by atomic mass is 19.3. The van der Waals surface area contributed by atoms with Crippen LogP contribution in [0.2, 0.25) is 0 Å². The quantitative estimate of drug-likeness (QED) is 0.602. The van der Waals surface area contributed by atoms with Crippen molar-refractivity contribution in [3.05, 3.63) is 64.7 Å². The molecule has 0 amide bonds. The number of hydrogen-bond acceptors (Lipinski definition) is 2. The number of carbonyl (C=O) groups is 1. The molecular weight excluding hydrogens is 334 g/mol. The van der Waals surface area contributed by atoms with Crippen molar-refractivity contribution in [2.45, 2.75) is 59.0 Å². The molecular formula is C22H26F2O2. The fourth-order valence-electron chi connectivity index (χ4n) is 3.06. The normalized spacial score (nSPS) is 11.7. The third-order valence-electron chi connectivity index (χ3n) is 4.16. The number of aryl methyl sites for hydroxylation is 2. The molecule has 0 heterocycles. The second-order valence-corrected chi connectivity index (χ2v) is 7.12. The summed E-state index contributed by atoms with van der Waals surface area (Å²) >= 11 is 0. The molecule has 2 aromatic rings. The summed E-state index contributed by atoms with van der Waals surface area (Å²) < 4.78 is 30.7. The summed E-state index contributed by atoms with van der Waals surface area (Å²) in [7, 11) is 0. The van der Waals surface area contributed by atoms with E-state index in [1.165, 1.54) is 17.2 Å². The molecule has 4 heteroatoms. The van der Waals surface area contributed by atoms with Gasteiger partial charge in [-0.2, -0.15) is 8.78 Å². The van der Waals surface area contributed by atoms with Gasteiger partial charge in [-0.3, -0.25) is 4.79 Å². The molecule has 0 aliphatic heterocycles. The smallest absolute Gasteiger partial charge is 0.394 e. The molecule has 0 fully saturated rings. The van der Waals surface area contributed by atoms with Crippen molar-refractivity contribution < 1.29 is 18.3 Å². The molecule has 0 bridgehead atoms. The predicted molar refractivity (Wildman–Crippen MR) is 100 cm³/mol. The molecule has 0 saturated carbocycles. The summed E-state index contributed by atoms with van der Waals surface area (Å²) in [4.78, 5) is 11.4. The van der Waals surface area contributed by atoms with Crippen LogP contribution in [-0.4, -0.2) is 11.9 Å². The molecule has 0 saturated heterocycles. The topological polar surface area (TPSA) is 26.3 Å². The molecule has 2 nitrogen and oxygen atoms in total. The average molecular weight is 360 g/mol. The number of hydrogen-bond donors (Lipinski definition) is 0. The van der Waals surface area contributed by atoms with Gasteiger partial charge >= 0.3 is 6.11 Å². The molecule has 0 unspecified atom stereocenters. The Hall–Kier alpha value is -2.23. The van der Waals surface area contributed by atoms with E-state index in [9.17, 15) is 13.6 Å². The number of rotatable bonds is 8. The van der Waals surface area contributed by atoms with E-state index in [0.717, 1.165) is 30.9 Å². The fourth-order valence-corrected chi connectivity index (χ4v) is 3.06. The van der Waals surface area contributed by atoms with Crippen molar-refractivity contribution in [2.24, 2.45) is 0 Å². The molecule has 0 aromatic heterocycles. The Bertz CT molecular complexity index is 761. The van der Waals surface area contributed by atoms with Crippen LogP contribution in [0.3, 0.4) is 0 Å². The monoisotopic (exact) mass is 360 g/mol. The van der Waals surface area contributed by atoms with Gasteiger partial charge in [0, 0.05) is 13.3 Å². The molecule has 0 radical (unpaired) electrons. The summed E-state index contributed by atoms with van der Waals surface area (Å²) in [5.74, 6) is 0.679. The van der Waals surface area contributed by atoms with Crippen molar-refractivity contribution in [2.75, 3.05) is 0 Å². The summed E-state index contributed by atoms with van der Waals surface area (Å²) in [5.41, 5.74) is 4.44. The maximum Gasteiger partial charge on any atom is 0.394 e. The van der Waals surface area contributed by atoms with E-state index in [4.69, 9.17) is 0 Å². The standard InChI is InChI=1S/C22H26F2O2/c1-15(2)21-14-18(12-16(3)25)9-11-19(21)10-8-17-6-5-7-20(13-17)26-22(4,23)24/h5-7,9,11,13-15H,8,10,12H2,1-4H3. The number of halogens is 2. The SMILES string of the molecule is CC(=O)Cc1ccc(CCc2cccc(OC(C)(F)F)c2)c(C(C)C)c1. The van der Waals surface area contributed by atoms with Gasteiger partial charge in [-0.1, -0.05) is 44.2 Å². The molecule has 0 N–H and O–H groups in total. The van der Waals surface area contributed by atoms with E-state index < -0.39 is 6.11 Å². The van der Waals surface area contributed by atoms with Crippen molar-refractivity contribution >= 4 is 5.78 Å². The minimum atomic E-state index is -3.18. The summed E-state index contributed by atoms with van der Waals surface area (Å²) in [6.45, 7) is 6.59. The third-order valence-corrected chi connectivity index (χ3v) is 4.16. The van der Waals surface area contributed by atoms with Crippen molar-refractivity contribution in [3.63, 3.8) is 0 Å². The third kappa shape index (κ3) is 6.25. The number of benzene rings is 2. The fraction of sp³-hybridized carbons (Fsp3) is 0.409. The second-order valence-electron chi connectivity index (χ2n) is 7.12. The Kier molecular flexibility index (Phi) is 6.52. The van der Waals surface area contributed by atoms with Crippen LogP contribution in [0, 0.1) is 0 Å². The van der Waals surface area contributed by atoms with Crippen molar-refractivity contribution in [1.29, 1.82) is 0 Å². The Morgan fingerprint density at radius 2 is 1.81 bits per heavy atom. The maximum atomic E-state index is 13.0. The van der Waals surface area contributed by atoms with E-state index in [0.29, 0.717) is 12.3 Å². The van der Waals surface area contributed by atoms with E-state index >= 15 is 0 Å². The molecule has 0 atom stereocenters. The number of Topliss-reactive ketones (excluding diaryl/α,β-unsaturated/α-hetero) is 1. The van der Waals surface area contributed by atoms with Gasteiger partial charge in [-0.15, -0.1) is 0 Å². The van der Waals surface area contributed by atoms with Crippen LogP contribution in [0.4, 0.5) is 8.78 Å². The average Bonchev–Trinajstić information content (AvgIpc) is 2.51. The molecule has 140 valence electrons. The van der Waals surface area contributed by atoms with E-state index in [1.54, 1.807) is 19.1 Å². The van der Waals surface area contributed by atoms with Gasteiger partial charge < -0.3 is 4.74 Å². The van der Waals surface area contributed by atoms with Gasteiger partial charge in [0.25, 0.3) is 0 Å². The lowest BCUT2D eigenvalue weighted by Crippen LogP contribution is -2.19. The van der Waals surface area contributed by atoms with Crippen LogP contribution >= 0.6 is 0 Å². The largest absolute Gasteiger partial charge is 0.433 e. The number of alkyl halides is 2. The highest BCUT2D eigenvalue weighted by Crippen LogP contribution is 2.25. The summed E-state index contributed by atoms with van der Waals surface area (Å²) in [6.07, 6.45) is -1.20. The zero-order valence-corrected chi connectivity index (χ0v) is 15.8.